The number of carbonyl (C=O) groups is 1. The van der Waals surface area contributed by atoms with Crippen molar-refractivity contribution >= 4 is 28.1 Å². The molecule has 0 fully saturated rings. The Balaban J connectivity index is 1.77. The Labute approximate surface area is 218 Å². The van der Waals surface area contributed by atoms with Gasteiger partial charge in [-0.25, -0.2) is 4.79 Å². The fourth-order valence-electron chi connectivity index (χ4n) is 5.64. The molecule has 37 heavy (non-hydrogen) atoms. The highest BCUT2D eigenvalue weighted by Crippen LogP contribution is 2.44. The minimum atomic E-state index is -1.11. The maximum absolute atomic E-state index is 12.9. The average molecular weight is 498 g/mol. The normalized spacial score (nSPS) is 15.8. The van der Waals surface area contributed by atoms with Gasteiger partial charge in [0.15, 0.2) is 6.10 Å². The van der Waals surface area contributed by atoms with E-state index in [9.17, 15) is 9.90 Å². The molecule has 0 saturated heterocycles. The summed E-state index contributed by atoms with van der Waals surface area (Å²) in [5, 5.41) is 12.6. The number of fused-ring (bicyclic) bond motifs is 1. The molecule has 1 unspecified atom stereocenters. The second kappa shape index (κ2) is 10.1. The van der Waals surface area contributed by atoms with Crippen LogP contribution in [0.4, 0.5) is 0 Å². The van der Waals surface area contributed by atoms with E-state index in [0.29, 0.717) is 18.6 Å². The Hall–Kier alpha value is -3.44. The molecule has 5 nitrogen and oxygen atoms in total. The number of aliphatic carboxylic acids is 1. The molecule has 0 radical (unpaired) electrons. The van der Waals surface area contributed by atoms with Gasteiger partial charge >= 0.3 is 5.97 Å². The van der Waals surface area contributed by atoms with Crippen LogP contribution in [0.5, 0.6) is 0 Å². The summed E-state index contributed by atoms with van der Waals surface area (Å²) in [5.41, 5.74) is 5.89. The molecule has 0 saturated carbocycles. The Bertz CT molecular complexity index is 1420. The monoisotopic (exact) mass is 497 g/mol. The van der Waals surface area contributed by atoms with Crippen molar-refractivity contribution in [3.8, 4) is 0 Å². The van der Waals surface area contributed by atoms with E-state index in [0.717, 1.165) is 70.2 Å². The van der Waals surface area contributed by atoms with Gasteiger partial charge in [0, 0.05) is 29.3 Å². The van der Waals surface area contributed by atoms with Crippen molar-refractivity contribution < 1.29 is 19.4 Å². The molecule has 1 aliphatic heterocycles. The molecule has 1 aromatic heterocycles. The van der Waals surface area contributed by atoms with Gasteiger partial charge in [0.2, 0.25) is 0 Å². The van der Waals surface area contributed by atoms with E-state index in [1.54, 1.807) is 0 Å². The van der Waals surface area contributed by atoms with Crippen molar-refractivity contribution in [3.05, 3.63) is 88.3 Å². The first-order chi connectivity index (χ1) is 17.8. The third kappa shape index (κ3) is 4.80. The number of aromatic nitrogens is 1. The van der Waals surface area contributed by atoms with Crippen molar-refractivity contribution in [2.24, 2.45) is 0 Å². The van der Waals surface area contributed by atoms with Crippen LogP contribution in [0.25, 0.3) is 22.1 Å². The fourth-order valence-corrected chi connectivity index (χ4v) is 5.64. The highest BCUT2D eigenvalue weighted by molar-refractivity contribution is 6.02. The standard InChI is InChI=1S/C32H35NO4/c1-5-6-16-32(3,4)37-30(31(34)35)26-20(2)19-22-10-7-8-11-23(22)28(26)24-12-9-13-25-27-21(15-18-36-25)14-17-33-29(24)27/h7-8,10-14,17,19,30H,5-6,9,15-16,18H2,1-4H3,(H,34,35). The maximum Gasteiger partial charge on any atom is 0.337 e. The van der Waals surface area contributed by atoms with Crippen molar-refractivity contribution in [2.45, 2.75) is 71.5 Å². The van der Waals surface area contributed by atoms with E-state index >= 15 is 0 Å². The van der Waals surface area contributed by atoms with Crippen molar-refractivity contribution in [2.75, 3.05) is 6.61 Å². The van der Waals surface area contributed by atoms with Gasteiger partial charge in [-0.15, -0.1) is 0 Å². The minimum Gasteiger partial charge on any atom is -0.493 e. The van der Waals surface area contributed by atoms with Crippen molar-refractivity contribution in [1.82, 2.24) is 4.98 Å². The number of hydrogen-bond acceptors (Lipinski definition) is 4. The maximum atomic E-state index is 12.9. The summed E-state index contributed by atoms with van der Waals surface area (Å²) in [6, 6.07) is 12.3. The first-order valence-electron chi connectivity index (χ1n) is 13.3. The first-order valence-corrected chi connectivity index (χ1v) is 13.3. The number of rotatable bonds is 8. The summed E-state index contributed by atoms with van der Waals surface area (Å²) in [6.07, 6.45) is 9.28. The lowest BCUT2D eigenvalue weighted by atomic mass is 9.84. The van der Waals surface area contributed by atoms with Crippen molar-refractivity contribution in [1.29, 1.82) is 0 Å². The van der Waals surface area contributed by atoms with Crippen LogP contribution in [0.3, 0.4) is 0 Å². The summed E-state index contributed by atoms with van der Waals surface area (Å²) < 4.78 is 12.5. The predicted octanol–water partition coefficient (Wildman–Crippen LogP) is 7.40. The lowest BCUT2D eigenvalue weighted by Crippen LogP contribution is -2.31. The fraction of sp³-hybridized carbons (Fsp3) is 0.375. The molecular weight excluding hydrogens is 462 g/mol. The molecule has 1 atom stereocenters. The van der Waals surface area contributed by atoms with Crippen LogP contribution in [0, 0.1) is 6.92 Å². The number of benzene rings is 2. The zero-order valence-corrected chi connectivity index (χ0v) is 22.1. The number of aryl methyl sites for hydroxylation is 1. The second-order valence-electron chi connectivity index (χ2n) is 10.6. The van der Waals surface area contributed by atoms with Gasteiger partial charge in [-0.2, -0.15) is 0 Å². The van der Waals surface area contributed by atoms with Gasteiger partial charge < -0.3 is 14.6 Å². The lowest BCUT2D eigenvalue weighted by molar-refractivity contribution is -0.163. The summed E-state index contributed by atoms with van der Waals surface area (Å²) in [6.45, 7) is 8.75. The third-order valence-electron chi connectivity index (χ3n) is 7.41. The van der Waals surface area contributed by atoms with Gasteiger partial charge in [-0.1, -0.05) is 56.2 Å². The number of carboxylic acids is 1. The van der Waals surface area contributed by atoms with Crippen LogP contribution in [0.15, 0.2) is 54.7 Å². The smallest absolute Gasteiger partial charge is 0.337 e. The highest BCUT2D eigenvalue weighted by atomic mass is 16.5. The quantitative estimate of drug-likeness (QED) is 0.351. The van der Waals surface area contributed by atoms with Crippen LogP contribution >= 0.6 is 0 Å². The molecule has 1 N–H and O–H groups in total. The molecule has 2 heterocycles. The Kier molecular flexibility index (Phi) is 6.91. The molecule has 0 bridgehead atoms. The van der Waals surface area contributed by atoms with Crippen LogP contribution in [0.1, 0.15) is 86.1 Å². The van der Waals surface area contributed by atoms with E-state index in [1.807, 2.05) is 39.1 Å². The number of pyridine rings is 1. The zero-order chi connectivity index (χ0) is 26.2. The van der Waals surface area contributed by atoms with Crippen LogP contribution < -0.4 is 0 Å². The summed E-state index contributed by atoms with van der Waals surface area (Å²) in [4.78, 5) is 17.7. The Morgan fingerprint density at radius 2 is 2.00 bits per heavy atom. The van der Waals surface area contributed by atoms with E-state index in [-0.39, 0.29) is 0 Å². The number of unbranched alkanes of at least 4 members (excludes halogenated alkanes) is 1. The average Bonchev–Trinajstić information content (AvgIpc) is 3.06. The summed E-state index contributed by atoms with van der Waals surface area (Å²) in [5.74, 6) is -0.121. The van der Waals surface area contributed by atoms with Crippen LogP contribution in [0.2, 0.25) is 0 Å². The van der Waals surface area contributed by atoms with Crippen LogP contribution in [-0.2, 0) is 20.7 Å². The SMILES string of the molecule is CCCCC(C)(C)OC(C(=O)O)c1c(C)cc2ccccc2c1C1=CCC=C2OCCc3ccnc1c32. The van der Waals surface area contributed by atoms with Crippen molar-refractivity contribution in [3.63, 3.8) is 0 Å². The Morgan fingerprint density at radius 3 is 2.78 bits per heavy atom. The topological polar surface area (TPSA) is 68.7 Å². The molecule has 2 aliphatic rings. The number of allylic oxidation sites excluding steroid dienone is 2. The summed E-state index contributed by atoms with van der Waals surface area (Å²) >= 11 is 0. The molecular formula is C32H35NO4. The largest absolute Gasteiger partial charge is 0.493 e. The summed E-state index contributed by atoms with van der Waals surface area (Å²) in [7, 11) is 0. The molecule has 0 spiro atoms. The molecule has 192 valence electrons. The van der Waals surface area contributed by atoms with E-state index < -0.39 is 17.7 Å². The van der Waals surface area contributed by atoms with E-state index in [4.69, 9.17) is 14.5 Å². The zero-order valence-electron chi connectivity index (χ0n) is 22.1. The van der Waals surface area contributed by atoms with Gasteiger partial charge in [-0.05, 0) is 73.2 Å². The number of nitrogens with zero attached hydrogens (tertiary/aromatic N) is 1. The lowest BCUT2D eigenvalue weighted by Gasteiger charge is -2.32. The first kappa shape index (κ1) is 25.2. The van der Waals surface area contributed by atoms with E-state index in [1.165, 1.54) is 5.56 Å². The molecule has 2 aromatic carbocycles. The van der Waals surface area contributed by atoms with E-state index in [2.05, 4.69) is 43.3 Å². The molecule has 3 aromatic rings. The van der Waals surface area contributed by atoms with Gasteiger partial charge in [0.1, 0.15) is 5.76 Å². The Morgan fingerprint density at radius 1 is 1.19 bits per heavy atom. The number of hydrogen-bond donors (Lipinski definition) is 1. The van der Waals surface area contributed by atoms with Gasteiger partial charge in [0.05, 0.1) is 17.9 Å². The second-order valence-corrected chi connectivity index (χ2v) is 10.6. The predicted molar refractivity (Wildman–Crippen MR) is 147 cm³/mol. The number of ether oxygens (including phenoxy) is 2. The highest BCUT2D eigenvalue weighted by Gasteiger charge is 2.35. The molecule has 1 aliphatic carbocycles. The van der Waals surface area contributed by atoms with Crippen LogP contribution in [-0.4, -0.2) is 28.3 Å². The molecule has 5 heteroatoms. The molecule has 0 amide bonds. The third-order valence-corrected chi connectivity index (χ3v) is 7.41. The molecule has 5 rings (SSSR count). The minimum absolute atomic E-state index is 0.584. The number of carboxylic acid groups (broad SMARTS) is 1. The van der Waals surface area contributed by atoms with Gasteiger partial charge in [0.25, 0.3) is 0 Å². The van der Waals surface area contributed by atoms with Gasteiger partial charge in [-0.3, -0.25) is 4.98 Å².